The number of allylic oxidation sites excluding steroid dienone is 3. The van der Waals surface area contributed by atoms with Crippen molar-refractivity contribution in [2.24, 2.45) is 5.92 Å². The van der Waals surface area contributed by atoms with E-state index in [1.807, 2.05) is 6.07 Å². The predicted molar refractivity (Wildman–Crippen MR) is 115 cm³/mol. The van der Waals surface area contributed by atoms with Crippen LogP contribution in [0, 0.1) is 5.92 Å². The number of hydrogen-bond acceptors (Lipinski definition) is 2. The molecule has 1 heterocycles. The van der Waals surface area contributed by atoms with E-state index >= 15 is 0 Å². The summed E-state index contributed by atoms with van der Waals surface area (Å²) in [5, 5.41) is 2.40. The Kier molecular flexibility index (Phi) is 3.78. The van der Waals surface area contributed by atoms with E-state index in [-0.39, 0.29) is 0 Å². The Morgan fingerprint density at radius 1 is 0.963 bits per heavy atom. The molecule has 2 N–H and O–H groups in total. The molecule has 0 bridgehead atoms. The number of rotatable bonds is 3. The average Bonchev–Trinajstić information content (AvgIpc) is 2.70. The molecule has 0 saturated carbocycles. The van der Waals surface area contributed by atoms with E-state index in [2.05, 4.69) is 84.6 Å². The minimum Gasteiger partial charge on any atom is -0.398 e. The van der Waals surface area contributed by atoms with E-state index in [1.54, 1.807) is 0 Å². The van der Waals surface area contributed by atoms with Crippen LogP contribution >= 0.6 is 0 Å². The van der Waals surface area contributed by atoms with E-state index in [4.69, 9.17) is 5.73 Å². The quantitative estimate of drug-likeness (QED) is 0.585. The van der Waals surface area contributed by atoms with Gasteiger partial charge in [0.15, 0.2) is 0 Å². The van der Waals surface area contributed by atoms with E-state index in [0.29, 0.717) is 12.0 Å². The molecule has 2 nitrogen and oxygen atoms in total. The first-order chi connectivity index (χ1) is 13.2. The molecule has 0 aromatic heterocycles. The zero-order chi connectivity index (χ0) is 18.4. The molecule has 0 fully saturated rings. The Morgan fingerprint density at radius 2 is 1.74 bits per heavy atom. The molecule has 0 amide bonds. The molecular weight excluding hydrogens is 328 g/mol. The van der Waals surface area contributed by atoms with Gasteiger partial charge in [0.2, 0.25) is 0 Å². The summed E-state index contributed by atoms with van der Waals surface area (Å²) in [6, 6.07) is 21.9. The van der Waals surface area contributed by atoms with Crippen LogP contribution in [0.25, 0.3) is 10.8 Å². The van der Waals surface area contributed by atoms with Crippen molar-refractivity contribution in [3.63, 3.8) is 0 Å². The summed E-state index contributed by atoms with van der Waals surface area (Å²) in [5.74, 6) is 0.582. The van der Waals surface area contributed by atoms with Gasteiger partial charge in [-0.15, -0.1) is 0 Å². The molecule has 2 aliphatic rings. The van der Waals surface area contributed by atoms with Crippen molar-refractivity contribution >= 4 is 22.1 Å². The molecule has 3 aromatic carbocycles. The van der Waals surface area contributed by atoms with Crippen molar-refractivity contribution in [3.05, 3.63) is 95.6 Å². The highest BCUT2D eigenvalue weighted by Crippen LogP contribution is 2.50. The Bertz CT molecular complexity index is 1080. The first-order valence-electron chi connectivity index (χ1n) is 9.72. The molecule has 1 aliphatic carbocycles. The number of fused-ring (bicyclic) bond motifs is 2. The molecule has 3 aromatic rings. The van der Waals surface area contributed by atoms with Crippen LogP contribution in [-0.4, -0.2) is 0 Å². The van der Waals surface area contributed by atoms with Gasteiger partial charge >= 0.3 is 0 Å². The Labute approximate surface area is 160 Å². The van der Waals surface area contributed by atoms with Crippen LogP contribution in [0.1, 0.15) is 30.5 Å². The van der Waals surface area contributed by atoms with Gasteiger partial charge < -0.3 is 10.6 Å². The van der Waals surface area contributed by atoms with Gasteiger partial charge in [0.05, 0.1) is 6.04 Å². The second-order valence-electron chi connectivity index (χ2n) is 7.68. The number of para-hydroxylation sites is 1. The number of anilines is 2. The number of nitrogen functional groups attached to an aromatic ring is 1. The molecule has 1 aliphatic heterocycles. The van der Waals surface area contributed by atoms with Crippen LogP contribution in [0.2, 0.25) is 0 Å². The first-order valence-corrected chi connectivity index (χ1v) is 9.72. The maximum absolute atomic E-state index is 6.21. The second-order valence-corrected chi connectivity index (χ2v) is 7.68. The molecule has 134 valence electrons. The number of nitrogens with zero attached hydrogens (tertiary/aromatic N) is 1. The molecule has 5 rings (SSSR count). The predicted octanol–water partition coefficient (Wildman–Crippen LogP) is 6.01. The van der Waals surface area contributed by atoms with E-state index < -0.39 is 0 Å². The standard InChI is InChI=1S/C25H24N2/c1-17-8-2-3-9-19(17)25-22-12-6-7-13-24(22)27(25)16-18-14-15-23(26)21-11-5-4-10-20(18)21/h2-7,9-15,17,25H,8,16,26H2,1H3. The molecule has 2 atom stereocenters. The van der Waals surface area contributed by atoms with Gasteiger partial charge in [-0.1, -0.05) is 73.7 Å². The fraction of sp³-hybridized carbons (Fsp3) is 0.200. The average molecular weight is 352 g/mol. The van der Waals surface area contributed by atoms with Gasteiger partial charge in [-0.25, -0.2) is 0 Å². The lowest BCUT2D eigenvalue weighted by atomic mass is 9.79. The van der Waals surface area contributed by atoms with Crippen molar-refractivity contribution < 1.29 is 0 Å². The van der Waals surface area contributed by atoms with Gasteiger partial charge in [0.1, 0.15) is 0 Å². The van der Waals surface area contributed by atoms with Gasteiger partial charge in [-0.05, 0) is 41.0 Å². The van der Waals surface area contributed by atoms with Gasteiger partial charge in [0.25, 0.3) is 0 Å². The van der Waals surface area contributed by atoms with Crippen molar-refractivity contribution in [2.45, 2.75) is 25.9 Å². The normalized spacial score (nSPS) is 20.9. The highest BCUT2D eigenvalue weighted by atomic mass is 15.2. The molecular formula is C25H24N2. The monoisotopic (exact) mass is 352 g/mol. The van der Waals surface area contributed by atoms with Crippen molar-refractivity contribution in [3.8, 4) is 0 Å². The van der Waals surface area contributed by atoms with Crippen LogP contribution in [0.4, 0.5) is 11.4 Å². The van der Waals surface area contributed by atoms with Gasteiger partial charge in [-0.3, -0.25) is 0 Å². The van der Waals surface area contributed by atoms with Crippen LogP contribution < -0.4 is 10.6 Å². The highest BCUT2D eigenvalue weighted by Gasteiger charge is 2.38. The summed E-state index contributed by atoms with van der Waals surface area (Å²) in [4.78, 5) is 2.55. The maximum Gasteiger partial charge on any atom is 0.0785 e. The third kappa shape index (κ3) is 2.56. The number of benzene rings is 3. The summed E-state index contributed by atoms with van der Waals surface area (Å²) in [5.41, 5.74) is 12.7. The Morgan fingerprint density at radius 3 is 2.59 bits per heavy atom. The molecule has 27 heavy (non-hydrogen) atoms. The summed E-state index contributed by atoms with van der Waals surface area (Å²) in [7, 11) is 0. The fourth-order valence-electron chi connectivity index (χ4n) is 4.59. The Hall–Kier alpha value is -3.00. The van der Waals surface area contributed by atoms with Crippen molar-refractivity contribution in [1.29, 1.82) is 0 Å². The lowest BCUT2D eigenvalue weighted by molar-refractivity contribution is 0.544. The Balaban J connectivity index is 1.57. The number of hydrogen-bond donors (Lipinski definition) is 1. The van der Waals surface area contributed by atoms with Crippen LogP contribution in [0.5, 0.6) is 0 Å². The van der Waals surface area contributed by atoms with Gasteiger partial charge in [-0.2, -0.15) is 0 Å². The minimum atomic E-state index is 0.373. The first kappa shape index (κ1) is 16.2. The van der Waals surface area contributed by atoms with E-state index in [1.165, 1.54) is 27.8 Å². The molecule has 2 heteroatoms. The van der Waals surface area contributed by atoms with Crippen molar-refractivity contribution in [1.82, 2.24) is 0 Å². The summed E-state index contributed by atoms with van der Waals surface area (Å²) in [6.45, 7) is 3.24. The third-order valence-electron chi connectivity index (χ3n) is 6.04. The van der Waals surface area contributed by atoms with Crippen molar-refractivity contribution in [2.75, 3.05) is 10.6 Å². The van der Waals surface area contributed by atoms with E-state index in [9.17, 15) is 0 Å². The molecule has 0 spiro atoms. The molecule has 0 radical (unpaired) electrons. The minimum absolute atomic E-state index is 0.373. The lowest BCUT2D eigenvalue weighted by Crippen LogP contribution is -2.40. The SMILES string of the molecule is CC1CC=CC=C1C1c2ccccc2N1Cc1ccc(N)c2ccccc12. The topological polar surface area (TPSA) is 29.3 Å². The summed E-state index contributed by atoms with van der Waals surface area (Å²) in [6.07, 6.45) is 7.94. The smallest absolute Gasteiger partial charge is 0.0785 e. The zero-order valence-electron chi connectivity index (χ0n) is 15.6. The van der Waals surface area contributed by atoms with Crippen LogP contribution in [-0.2, 0) is 6.54 Å². The fourth-order valence-corrected chi connectivity index (χ4v) is 4.59. The third-order valence-corrected chi connectivity index (χ3v) is 6.04. The van der Waals surface area contributed by atoms with Crippen LogP contribution in [0.15, 0.2) is 84.5 Å². The molecule has 0 saturated heterocycles. The second kappa shape index (κ2) is 6.31. The van der Waals surface area contributed by atoms with Crippen LogP contribution in [0.3, 0.4) is 0 Å². The maximum atomic E-state index is 6.21. The zero-order valence-corrected chi connectivity index (χ0v) is 15.6. The van der Waals surface area contributed by atoms with E-state index in [0.717, 1.165) is 24.0 Å². The number of nitrogens with two attached hydrogens (primary N) is 1. The lowest BCUT2D eigenvalue weighted by Gasteiger charge is -2.48. The highest BCUT2D eigenvalue weighted by molar-refractivity contribution is 5.95. The summed E-state index contributed by atoms with van der Waals surface area (Å²) >= 11 is 0. The summed E-state index contributed by atoms with van der Waals surface area (Å²) < 4.78 is 0. The molecule has 2 unspecified atom stereocenters. The van der Waals surface area contributed by atoms with Gasteiger partial charge in [0, 0.05) is 28.9 Å². The largest absolute Gasteiger partial charge is 0.398 e.